The summed E-state index contributed by atoms with van der Waals surface area (Å²) >= 11 is 22.5. The van der Waals surface area contributed by atoms with E-state index in [1.165, 1.54) is 0 Å². The van der Waals surface area contributed by atoms with Crippen LogP contribution in [0.2, 0.25) is 0 Å². The molecule has 0 aliphatic heterocycles. The highest BCUT2D eigenvalue weighted by atomic mass is 35.8. The average molecular weight is 652 g/mol. The second kappa shape index (κ2) is 11.8. The largest absolute Gasteiger partial charge is 0.497 e. The number of hydrogen-bond acceptors (Lipinski definition) is 3. The number of hydrogen-bond donors (Lipinski definition) is 0. The molecule has 0 fully saturated rings. The maximum atomic E-state index is 7.51. The van der Waals surface area contributed by atoms with E-state index in [0.717, 1.165) is 32.3 Å². The molecular weight excluding hydrogens is 607 g/mol. The number of methoxy groups -OCH3 is 3. The van der Waals surface area contributed by atoms with Crippen LogP contribution in [0.1, 0.15) is 79.0 Å². The predicted molar refractivity (Wildman–Crippen MR) is 183 cm³/mol. The van der Waals surface area contributed by atoms with Crippen molar-refractivity contribution in [3.05, 3.63) is 71.3 Å². The molecule has 0 unspecified atom stereocenters. The summed E-state index contributed by atoms with van der Waals surface area (Å²) in [6.07, 6.45) is 0. The van der Waals surface area contributed by atoms with Gasteiger partial charge in [0, 0.05) is 0 Å². The zero-order valence-corrected chi connectivity index (χ0v) is 30.8. The lowest BCUT2D eigenvalue weighted by atomic mass is 9.87. The summed E-state index contributed by atoms with van der Waals surface area (Å²) in [5.74, 6) is 2.07. The molecule has 3 aromatic rings. The molecule has 0 atom stereocenters. The Morgan fingerprint density at radius 1 is 0.463 bits per heavy atom. The molecule has 3 rings (SSSR count). The van der Waals surface area contributed by atoms with Crippen molar-refractivity contribution in [2.75, 3.05) is 21.3 Å². The quantitative estimate of drug-likeness (QED) is 0.148. The van der Waals surface area contributed by atoms with Crippen LogP contribution < -0.4 is 29.8 Å². The Bertz CT molecular complexity index is 1240. The standard InChI is InChI=1S/C33H45Cl3O3Si2/c1-31(2,3)22-13-16-25(37-10)28(19-22)40(41(34,35)36,29-20-23(32(4,5)6)14-17-26(29)38-11)30-21-24(33(7,8)9)15-18-27(30)39-12/h13-21H,1-12H3. The molecule has 3 aromatic carbocycles. The summed E-state index contributed by atoms with van der Waals surface area (Å²) in [5, 5.41) is 2.73. The predicted octanol–water partition coefficient (Wildman–Crippen LogP) is 7.81. The molecule has 0 aliphatic carbocycles. The molecular formula is C33H45Cl3O3Si2. The molecule has 0 radical (unpaired) electrons. The van der Waals surface area contributed by atoms with Gasteiger partial charge in [-0.15, -0.1) is 33.2 Å². The third-order valence-corrected chi connectivity index (χ3v) is 24.9. The van der Waals surface area contributed by atoms with Crippen molar-refractivity contribution in [2.45, 2.75) is 78.6 Å². The lowest BCUT2D eigenvalue weighted by Gasteiger charge is -2.41. The van der Waals surface area contributed by atoms with Gasteiger partial charge in [0.05, 0.1) is 21.3 Å². The third kappa shape index (κ3) is 6.50. The lowest BCUT2D eigenvalue weighted by molar-refractivity contribution is 0.415. The van der Waals surface area contributed by atoms with Gasteiger partial charge in [-0.25, -0.2) is 0 Å². The van der Waals surface area contributed by atoms with Crippen LogP contribution in [0.4, 0.5) is 0 Å². The van der Waals surface area contributed by atoms with Crippen molar-refractivity contribution in [1.29, 1.82) is 0 Å². The van der Waals surface area contributed by atoms with E-state index in [1.54, 1.807) is 21.3 Å². The second-order valence-electron chi connectivity index (χ2n) is 13.7. The van der Waals surface area contributed by atoms with Crippen LogP contribution in [0.3, 0.4) is 0 Å². The minimum atomic E-state index is -3.73. The molecule has 8 heteroatoms. The fraction of sp³-hybridized carbons (Fsp3) is 0.455. The fourth-order valence-electron chi connectivity index (χ4n) is 5.30. The van der Waals surface area contributed by atoms with E-state index in [-0.39, 0.29) is 16.2 Å². The molecule has 0 saturated carbocycles. The molecule has 0 aromatic heterocycles. The fourth-order valence-corrected chi connectivity index (χ4v) is 22.6. The van der Waals surface area contributed by atoms with Crippen LogP contribution in [-0.2, 0) is 16.2 Å². The van der Waals surface area contributed by atoms with E-state index < -0.39 is 13.1 Å². The van der Waals surface area contributed by atoms with E-state index >= 15 is 0 Å². The molecule has 41 heavy (non-hydrogen) atoms. The monoisotopic (exact) mass is 650 g/mol. The van der Waals surface area contributed by atoms with Gasteiger partial charge in [-0.2, -0.15) is 0 Å². The van der Waals surface area contributed by atoms with E-state index in [0.29, 0.717) is 17.2 Å². The molecule has 0 spiro atoms. The minimum Gasteiger partial charge on any atom is -0.497 e. The van der Waals surface area contributed by atoms with Gasteiger partial charge >= 0.3 is 5.52 Å². The number of ether oxygens (including phenoxy) is 3. The molecule has 0 N–H and O–H groups in total. The van der Waals surface area contributed by atoms with Crippen molar-refractivity contribution >= 4 is 61.9 Å². The Morgan fingerprint density at radius 2 is 0.707 bits per heavy atom. The van der Waals surface area contributed by atoms with Crippen molar-refractivity contribution in [1.82, 2.24) is 0 Å². The minimum absolute atomic E-state index is 0.148. The second-order valence-corrected chi connectivity index (χ2v) is 32.1. The van der Waals surface area contributed by atoms with Crippen LogP contribution in [0.15, 0.2) is 54.6 Å². The molecule has 0 saturated heterocycles. The Labute approximate surface area is 263 Å². The summed E-state index contributed by atoms with van der Waals surface area (Å²) in [7, 11) is 1.45. The first kappa shape index (κ1) is 33.9. The van der Waals surface area contributed by atoms with Crippen LogP contribution in [0, 0.1) is 0 Å². The number of benzene rings is 3. The molecule has 3 nitrogen and oxygen atoms in total. The molecule has 224 valence electrons. The zero-order chi connectivity index (χ0) is 31.2. The molecule has 0 aliphatic rings. The van der Waals surface area contributed by atoms with E-state index in [4.69, 9.17) is 47.4 Å². The first-order valence-electron chi connectivity index (χ1n) is 13.9. The van der Waals surface area contributed by atoms with Gasteiger partial charge < -0.3 is 14.2 Å². The van der Waals surface area contributed by atoms with Gasteiger partial charge in [0.1, 0.15) is 17.2 Å². The Balaban J connectivity index is 2.79. The van der Waals surface area contributed by atoms with Gasteiger partial charge in [-0.1, -0.05) is 98.7 Å². The van der Waals surface area contributed by atoms with Gasteiger partial charge in [0.25, 0.3) is 0 Å². The van der Waals surface area contributed by atoms with Crippen molar-refractivity contribution < 1.29 is 14.2 Å². The topological polar surface area (TPSA) is 27.7 Å². The maximum Gasteiger partial charge on any atom is 0.339 e. The van der Waals surface area contributed by atoms with Crippen molar-refractivity contribution in [3.8, 4) is 17.2 Å². The SMILES string of the molecule is COc1ccc(C(C)(C)C)cc1[Si](c1cc(C(C)(C)C)ccc1OC)(c1cc(C(C)(C)C)ccc1OC)[Si](Cl)(Cl)Cl. The van der Waals surface area contributed by atoms with Crippen molar-refractivity contribution in [3.63, 3.8) is 0 Å². The summed E-state index contributed by atoms with van der Waals surface area (Å²) in [5.41, 5.74) is -0.787. The molecule has 0 bridgehead atoms. The Kier molecular flexibility index (Phi) is 9.75. The van der Waals surface area contributed by atoms with E-state index in [1.807, 2.05) is 18.2 Å². The normalized spacial score (nSPS) is 13.2. The summed E-state index contributed by atoms with van der Waals surface area (Å²) in [4.78, 5) is 0. The van der Waals surface area contributed by atoms with Gasteiger partial charge in [0.15, 0.2) is 0 Å². The molecule has 0 heterocycles. The first-order valence-corrected chi connectivity index (χ1v) is 21.9. The smallest absolute Gasteiger partial charge is 0.339 e. The lowest BCUT2D eigenvalue weighted by Crippen LogP contribution is -2.78. The van der Waals surface area contributed by atoms with Crippen LogP contribution in [0.25, 0.3) is 0 Å². The Hall–Kier alpha value is -1.64. The van der Waals surface area contributed by atoms with E-state index in [9.17, 15) is 0 Å². The maximum absolute atomic E-state index is 7.51. The van der Waals surface area contributed by atoms with Crippen LogP contribution >= 0.6 is 33.2 Å². The number of halogens is 3. The van der Waals surface area contributed by atoms with E-state index in [2.05, 4.69) is 98.7 Å². The summed E-state index contributed by atoms with van der Waals surface area (Å²) < 4.78 is 18.3. The van der Waals surface area contributed by atoms with Crippen LogP contribution in [-0.4, -0.2) is 34.4 Å². The highest BCUT2D eigenvalue weighted by molar-refractivity contribution is 7.94. The zero-order valence-electron chi connectivity index (χ0n) is 26.6. The van der Waals surface area contributed by atoms with Gasteiger partial charge in [-0.05, 0) is 66.7 Å². The van der Waals surface area contributed by atoms with Crippen LogP contribution in [0.5, 0.6) is 17.2 Å². The summed E-state index contributed by atoms with van der Waals surface area (Å²) in [6.45, 7) is 19.7. The van der Waals surface area contributed by atoms with Gasteiger partial charge in [0.2, 0.25) is 7.59 Å². The first-order chi connectivity index (χ1) is 18.7. The van der Waals surface area contributed by atoms with Crippen molar-refractivity contribution in [2.24, 2.45) is 0 Å². The molecule has 0 amide bonds. The highest BCUT2D eigenvalue weighted by Gasteiger charge is 2.62. The Morgan fingerprint density at radius 3 is 0.878 bits per heavy atom. The third-order valence-electron chi connectivity index (χ3n) is 7.83. The highest BCUT2D eigenvalue weighted by Crippen LogP contribution is 2.40. The summed E-state index contributed by atoms with van der Waals surface area (Å²) in [6, 6.07) is 19.0. The average Bonchev–Trinajstić information content (AvgIpc) is 2.86. The number of rotatable bonds is 7. The van der Waals surface area contributed by atoms with Gasteiger partial charge in [-0.3, -0.25) is 0 Å².